The number of hydrogen-bond donors (Lipinski definition) is 1. The minimum Gasteiger partial charge on any atom is -0.444 e. The van der Waals surface area contributed by atoms with E-state index in [1.165, 1.54) is 32.1 Å². The second-order valence-corrected chi connectivity index (χ2v) is 5.33. The van der Waals surface area contributed by atoms with Crippen molar-refractivity contribution in [1.82, 2.24) is 10.3 Å². The van der Waals surface area contributed by atoms with Crippen molar-refractivity contribution in [3.63, 3.8) is 0 Å². The van der Waals surface area contributed by atoms with Crippen molar-refractivity contribution < 1.29 is 4.42 Å². The molecular weight excluding hydrogens is 200 g/mol. The SMILES string of the molecule is CC1CCCC1c1cnc(CNC2CC2)o1. The van der Waals surface area contributed by atoms with Crippen LogP contribution in [0, 0.1) is 5.92 Å². The summed E-state index contributed by atoms with van der Waals surface area (Å²) in [6.07, 6.45) is 8.51. The maximum atomic E-state index is 5.84. The fourth-order valence-corrected chi connectivity index (χ4v) is 2.66. The van der Waals surface area contributed by atoms with Gasteiger partial charge in [-0.3, -0.25) is 0 Å². The van der Waals surface area contributed by atoms with Crippen LogP contribution in [0.1, 0.15) is 56.6 Å². The highest BCUT2D eigenvalue weighted by Crippen LogP contribution is 2.39. The number of oxazole rings is 1. The predicted octanol–water partition coefficient (Wildman–Crippen LogP) is 2.83. The smallest absolute Gasteiger partial charge is 0.208 e. The lowest BCUT2D eigenvalue weighted by molar-refractivity contribution is 0.381. The minimum atomic E-state index is 0.613. The van der Waals surface area contributed by atoms with Gasteiger partial charge in [-0.2, -0.15) is 0 Å². The minimum absolute atomic E-state index is 0.613. The van der Waals surface area contributed by atoms with Crippen LogP contribution in [0.25, 0.3) is 0 Å². The first kappa shape index (κ1) is 10.3. The van der Waals surface area contributed by atoms with Gasteiger partial charge >= 0.3 is 0 Å². The Labute approximate surface area is 96.6 Å². The lowest BCUT2D eigenvalue weighted by atomic mass is 9.96. The maximum Gasteiger partial charge on any atom is 0.208 e. The van der Waals surface area contributed by atoms with Crippen LogP contribution in [0.4, 0.5) is 0 Å². The highest BCUT2D eigenvalue weighted by atomic mass is 16.4. The topological polar surface area (TPSA) is 38.1 Å². The Bertz CT molecular complexity index is 357. The van der Waals surface area contributed by atoms with Crippen LogP contribution in [0.5, 0.6) is 0 Å². The third-order valence-corrected chi connectivity index (χ3v) is 3.92. The van der Waals surface area contributed by atoms with Crippen molar-refractivity contribution in [1.29, 1.82) is 0 Å². The van der Waals surface area contributed by atoms with Gasteiger partial charge in [0.1, 0.15) is 5.76 Å². The van der Waals surface area contributed by atoms with E-state index in [0.29, 0.717) is 5.92 Å². The summed E-state index contributed by atoms with van der Waals surface area (Å²) in [5.41, 5.74) is 0. The second kappa shape index (κ2) is 4.21. The van der Waals surface area contributed by atoms with Gasteiger partial charge in [-0.1, -0.05) is 13.3 Å². The Morgan fingerprint density at radius 1 is 1.38 bits per heavy atom. The summed E-state index contributed by atoms with van der Waals surface area (Å²) in [5, 5.41) is 3.43. The highest BCUT2D eigenvalue weighted by Gasteiger charge is 2.28. The number of hydrogen-bond acceptors (Lipinski definition) is 3. The lowest BCUT2D eigenvalue weighted by Gasteiger charge is -2.10. The van der Waals surface area contributed by atoms with Gasteiger partial charge in [0.15, 0.2) is 0 Å². The Kier molecular flexibility index (Phi) is 2.72. The molecule has 0 aliphatic heterocycles. The second-order valence-electron chi connectivity index (χ2n) is 5.33. The van der Waals surface area contributed by atoms with E-state index in [1.54, 1.807) is 0 Å². The average Bonchev–Trinajstić information content (AvgIpc) is 2.82. The number of rotatable bonds is 4. The molecule has 1 aromatic rings. The predicted molar refractivity (Wildman–Crippen MR) is 62.1 cm³/mol. The summed E-state index contributed by atoms with van der Waals surface area (Å²) in [7, 11) is 0. The highest BCUT2D eigenvalue weighted by molar-refractivity contribution is 5.05. The Hall–Kier alpha value is -0.830. The molecule has 1 aromatic heterocycles. The van der Waals surface area contributed by atoms with E-state index in [9.17, 15) is 0 Å². The van der Waals surface area contributed by atoms with Crippen molar-refractivity contribution in [2.75, 3.05) is 0 Å². The van der Waals surface area contributed by atoms with Crippen molar-refractivity contribution in [2.45, 2.75) is 57.5 Å². The molecule has 1 N–H and O–H groups in total. The molecule has 2 atom stereocenters. The van der Waals surface area contributed by atoms with Crippen molar-refractivity contribution in [3.05, 3.63) is 17.8 Å². The largest absolute Gasteiger partial charge is 0.444 e. The molecule has 2 fully saturated rings. The molecule has 2 saturated carbocycles. The monoisotopic (exact) mass is 220 g/mol. The fraction of sp³-hybridized carbons (Fsp3) is 0.769. The van der Waals surface area contributed by atoms with E-state index in [2.05, 4.69) is 17.2 Å². The first-order valence-corrected chi connectivity index (χ1v) is 6.51. The van der Waals surface area contributed by atoms with Gasteiger partial charge in [-0.15, -0.1) is 0 Å². The molecular formula is C13H20N2O. The van der Waals surface area contributed by atoms with Gasteiger partial charge in [-0.25, -0.2) is 4.98 Å². The zero-order valence-electron chi connectivity index (χ0n) is 9.91. The molecule has 0 saturated heterocycles. The number of aromatic nitrogens is 1. The van der Waals surface area contributed by atoms with E-state index < -0.39 is 0 Å². The zero-order chi connectivity index (χ0) is 11.0. The standard InChI is InChI=1S/C13H20N2O/c1-9-3-2-4-11(9)12-7-15-13(16-12)8-14-10-5-6-10/h7,9-11,14H,2-6,8H2,1H3. The van der Waals surface area contributed by atoms with Gasteiger partial charge in [0.25, 0.3) is 0 Å². The summed E-state index contributed by atoms with van der Waals surface area (Å²) < 4.78 is 5.84. The van der Waals surface area contributed by atoms with Crippen LogP contribution < -0.4 is 5.32 Å². The average molecular weight is 220 g/mol. The summed E-state index contributed by atoms with van der Waals surface area (Å²) in [6.45, 7) is 3.12. The molecule has 0 radical (unpaired) electrons. The molecule has 0 bridgehead atoms. The van der Waals surface area contributed by atoms with Gasteiger partial charge in [0, 0.05) is 12.0 Å². The van der Waals surface area contributed by atoms with Crippen LogP contribution >= 0.6 is 0 Å². The summed E-state index contributed by atoms with van der Waals surface area (Å²) in [6, 6.07) is 0.723. The Balaban J connectivity index is 1.62. The first-order valence-electron chi connectivity index (χ1n) is 6.51. The summed E-state index contributed by atoms with van der Waals surface area (Å²) in [5.74, 6) is 3.35. The van der Waals surface area contributed by atoms with Gasteiger partial charge in [0.2, 0.25) is 5.89 Å². The first-order chi connectivity index (χ1) is 7.83. The fourth-order valence-electron chi connectivity index (χ4n) is 2.66. The van der Waals surface area contributed by atoms with E-state index in [-0.39, 0.29) is 0 Å². The summed E-state index contributed by atoms with van der Waals surface area (Å²) >= 11 is 0. The molecule has 88 valence electrons. The molecule has 1 heterocycles. The van der Waals surface area contributed by atoms with Crippen LogP contribution in [0.15, 0.2) is 10.6 Å². The molecule has 2 unspecified atom stereocenters. The van der Waals surface area contributed by atoms with Crippen LogP contribution in [-0.4, -0.2) is 11.0 Å². The molecule has 16 heavy (non-hydrogen) atoms. The van der Waals surface area contributed by atoms with Crippen LogP contribution in [-0.2, 0) is 6.54 Å². The molecule has 0 amide bonds. The van der Waals surface area contributed by atoms with Crippen molar-refractivity contribution in [3.8, 4) is 0 Å². The zero-order valence-corrected chi connectivity index (χ0v) is 9.91. The van der Waals surface area contributed by atoms with Gasteiger partial charge in [-0.05, 0) is 31.6 Å². The Morgan fingerprint density at radius 3 is 2.94 bits per heavy atom. The molecule has 2 aliphatic rings. The normalized spacial score (nSPS) is 29.8. The van der Waals surface area contributed by atoms with Gasteiger partial charge < -0.3 is 9.73 Å². The Morgan fingerprint density at radius 2 is 2.25 bits per heavy atom. The van der Waals surface area contributed by atoms with E-state index in [4.69, 9.17) is 4.42 Å². The molecule has 3 heteroatoms. The summed E-state index contributed by atoms with van der Waals surface area (Å²) in [4.78, 5) is 4.37. The van der Waals surface area contributed by atoms with Crippen LogP contribution in [0.3, 0.4) is 0 Å². The maximum absolute atomic E-state index is 5.84. The third kappa shape index (κ3) is 2.14. The quantitative estimate of drug-likeness (QED) is 0.848. The lowest BCUT2D eigenvalue weighted by Crippen LogP contribution is -2.15. The van der Waals surface area contributed by atoms with Crippen molar-refractivity contribution in [2.24, 2.45) is 5.92 Å². The van der Waals surface area contributed by atoms with E-state index >= 15 is 0 Å². The molecule has 0 aromatic carbocycles. The number of nitrogens with one attached hydrogen (secondary N) is 1. The molecule has 0 spiro atoms. The van der Waals surface area contributed by atoms with E-state index in [1.807, 2.05) is 6.20 Å². The number of nitrogens with zero attached hydrogens (tertiary/aromatic N) is 1. The van der Waals surface area contributed by atoms with Crippen molar-refractivity contribution >= 4 is 0 Å². The van der Waals surface area contributed by atoms with Crippen LogP contribution in [0.2, 0.25) is 0 Å². The molecule has 3 rings (SSSR count). The van der Waals surface area contributed by atoms with E-state index in [0.717, 1.165) is 30.2 Å². The van der Waals surface area contributed by atoms with Gasteiger partial charge in [0.05, 0.1) is 12.7 Å². The molecule has 2 aliphatic carbocycles. The molecule has 3 nitrogen and oxygen atoms in total. The third-order valence-electron chi connectivity index (χ3n) is 3.92.